The third kappa shape index (κ3) is 6.16. The molecule has 0 unspecified atom stereocenters. The Balaban J connectivity index is 2.06. The van der Waals surface area contributed by atoms with Gasteiger partial charge in [-0.2, -0.15) is 8.78 Å². The molecular weight excluding hydrogens is 394 g/mol. The smallest absolute Gasteiger partial charge is 0.340 e. The summed E-state index contributed by atoms with van der Waals surface area (Å²) < 4.78 is 54.5. The molecule has 0 fully saturated rings. The molecule has 0 aliphatic rings. The Hall–Kier alpha value is -3.17. The van der Waals surface area contributed by atoms with Gasteiger partial charge >= 0.3 is 12.3 Å². The second-order valence-electron chi connectivity index (χ2n) is 6.36. The van der Waals surface area contributed by atoms with Gasteiger partial charge in [0, 0.05) is 18.3 Å². The predicted octanol–water partition coefficient (Wildman–Crippen LogP) is 3.75. The lowest BCUT2D eigenvalue weighted by atomic mass is 10.1. The van der Waals surface area contributed by atoms with E-state index in [2.05, 4.69) is 20.4 Å². The summed E-state index contributed by atoms with van der Waals surface area (Å²) in [6.07, 6.45) is -2.82. The summed E-state index contributed by atoms with van der Waals surface area (Å²) in [5.74, 6) is -5.61. The zero-order chi connectivity index (χ0) is 21.6. The van der Waals surface area contributed by atoms with Crippen LogP contribution in [0.25, 0.3) is 0 Å². The van der Waals surface area contributed by atoms with Crippen molar-refractivity contribution in [3.63, 3.8) is 0 Å². The highest BCUT2D eigenvalue weighted by Gasteiger charge is 2.41. The molecule has 0 aliphatic carbocycles. The molecule has 2 rings (SSSR count). The van der Waals surface area contributed by atoms with Crippen LogP contribution in [-0.2, 0) is 0 Å². The molecule has 1 aromatic carbocycles. The van der Waals surface area contributed by atoms with E-state index < -0.39 is 24.9 Å². The molecule has 29 heavy (non-hydrogen) atoms. The van der Waals surface area contributed by atoms with Crippen LogP contribution in [0.4, 0.5) is 23.2 Å². The minimum atomic E-state index is -4.31. The lowest BCUT2D eigenvalue weighted by molar-refractivity contribution is -0.148. The van der Waals surface area contributed by atoms with Gasteiger partial charge in [-0.1, -0.05) is 12.1 Å². The quantitative estimate of drug-likeness (QED) is 0.646. The molecule has 156 valence electrons. The summed E-state index contributed by atoms with van der Waals surface area (Å²) in [4.78, 5) is 28.3. The summed E-state index contributed by atoms with van der Waals surface area (Å²) in [6.45, 7) is 2.05. The number of hydrogen-bond acceptors (Lipinski definition) is 4. The number of ether oxygens (including phenoxy) is 1. The van der Waals surface area contributed by atoms with Crippen molar-refractivity contribution in [3.05, 3.63) is 53.7 Å². The Bertz CT molecular complexity index is 858. The van der Waals surface area contributed by atoms with Gasteiger partial charge in [-0.15, -0.1) is 0 Å². The Labute approximate surface area is 164 Å². The maximum atomic E-state index is 12.9. The van der Waals surface area contributed by atoms with Gasteiger partial charge in [0.1, 0.15) is 0 Å². The summed E-state index contributed by atoms with van der Waals surface area (Å²) in [7, 11) is 0. The highest BCUT2D eigenvalue weighted by Crippen LogP contribution is 2.24. The highest BCUT2D eigenvalue weighted by molar-refractivity contribution is 6.08. The standard InChI is InChI=1S/C19H19F4N3O3/c1-11(2)25-17(28)13-5-3-4-6-14(13)26-16(27)12-7-8-15(24-9-12)29-10-19(22,23)18(20)21/h3-9,11,18H,10H2,1-2H3,(H,25,28)(H,26,27). The first-order valence-electron chi connectivity index (χ1n) is 8.56. The minimum absolute atomic E-state index is 0.0528. The number of aromatic nitrogens is 1. The molecule has 10 heteroatoms. The van der Waals surface area contributed by atoms with E-state index in [9.17, 15) is 27.2 Å². The van der Waals surface area contributed by atoms with Gasteiger partial charge in [0.15, 0.2) is 6.61 Å². The molecule has 0 aliphatic heterocycles. The van der Waals surface area contributed by atoms with E-state index in [1.54, 1.807) is 38.1 Å². The van der Waals surface area contributed by atoms with E-state index in [1.165, 1.54) is 6.07 Å². The molecule has 0 bridgehead atoms. The maximum absolute atomic E-state index is 12.9. The molecule has 2 aromatic rings. The van der Waals surface area contributed by atoms with Crippen LogP contribution in [0.2, 0.25) is 0 Å². The van der Waals surface area contributed by atoms with E-state index in [4.69, 9.17) is 0 Å². The Kier molecular flexibility index (Phi) is 7.13. The number of halogens is 4. The first-order valence-corrected chi connectivity index (χ1v) is 8.56. The summed E-state index contributed by atoms with van der Waals surface area (Å²) >= 11 is 0. The lowest BCUT2D eigenvalue weighted by Gasteiger charge is -2.15. The second-order valence-corrected chi connectivity index (χ2v) is 6.36. The fraction of sp³-hybridized carbons (Fsp3) is 0.316. The fourth-order valence-electron chi connectivity index (χ4n) is 2.16. The van der Waals surface area contributed by atoms with Crippen LogP contribution in [-0.4, -0.2) is 41.8 Å². The zero-order valence-electron chi connectivity index (χ0n) is 15.6. The number of para-hydroxylation sites is 1. The number of carbonyl (C=O) groups is 2. The molecule has 0 spiro atoms. The third-order valence-corrected chi connectivity index (χ3v) is 3.57. The summed E-state index contributed by atoms with van der Waals surface area (Å²) in [6, 6.07) is 8.62. The van der Waals surface area contributed by atoms with Crippen molar-refractivity contribution < 1.29 is 31.9 Å². The molecule has 1 aromatic heterocycles. The Morgan fingerprint density at radius 3 is 2.38 bits per heavy atom. The number of hydrogen-bond donors (Lipinski definition) is 2. The van der Waals surface area contributed by atoms with Crippen LogP contribution < -0.4 is 15.4 Å². The van der Waals surface area contributed by atoms with Crippen molar-refractivity contribution >= 4 is 17.5 Å². The van der Waals surface area contributed by atoms with Crippen molar-refractivity contribution in [2.45, 2.75) is 32.2 Å². The van der Waals surface area contributed by atoms with Crippen LogP contribution in [0.5, 0.6) is 5.88 Å². The van der Waals surface area contributed by atoms with Gasteiger partial charge in [-0.05, 0) is 32.0 Å². The van der Waals surface area contributed by atoms with Gasteiger partial charge in [-0.25, -0.2) is 13.8 Å². The van der Waals surface area contributed by atoms with Crippen LogP contribution in [0, 0.1) is 0 Å². The number of alkyl halides is 4. The number of nitrogens with one attached hydrogen (secondary N) is 2. The molecule has 0 saturated heterocycles. The molecule has 0 saturated carbocycles. The molecule has 6 nitrogen and oxygen atoms in total. The number of amides is 2. The number of rotatable bonds is 8. The topological polar surface area (TPSA) is 80.3 Å². The minimum Gasteiger partial charge on any atom is -0.471 e. The van der Waals surface area contributed by atoms with E-state index in [0.29, 0.717) is 0 Å². The van der Waals surface area contributed by atoms with Crippen LogP contribution in [0.3, 0.4) is 0 Å². The monoisotopic (exact) mass is 413 g/mol. The second kappa shape index (κ2) is 9.35. The number of nitrogens with zero attached hydrogens (tertiary/aromatic N) is 1. The third-order valence-electron chi connectivity index (χ3n) is 3.57. The van der Waals surface area contributed by atoms with Crippen LogP contribution in [0.15, 0.2) is 42.6 Å². The SMILES string of the molecule is CC(C)NC(=O)c1ccccc1NC(=O)c1ccc(OCC(F)(F)C(F)F)nc1. The molecule has 0 atom stereocenters. The molecule has 2 amide bonds. The van der Waals surface area contributed by atoms with Gasteiger partial charge < -0.3 is 15.4 Å². The van der Waals surface area contributed by atoms with Crippen LogP contribution >= 0.6 is 0 Å². The first-order chi connectivity index (χ1) is 13.6. The highest BCUT2D eigenvalue weighted by atomic mass is 19.3. The average molecular weight is 413 g/mol. The summed E-state index contributed by atoms with van der Waals surface area (Å²) in [5.41, 5.74) is 0.585. The van der Waals surface area contributed by atoms with Gasteiger partial charge in [0.25, 0.3) is 11.8 Å². The van der Waals surface area contributed by atoms with Crippen molar-refractivity contribution in [1.82, 2.24) is 10.3 Å². The van der Waals surface area contributed by atoms with E-state index in [0.717, 1.165) is 12.3 Å². The maximum Gasteiger partial charge on any atom is 0.340 e. The van der Waals surface area contributed by atoms with Gasteiger partial charge in [-0.3, -0.25) is 9.59 Å². The lowest BCUT2D eigenvalue weighted by Crippen LogP contribution is -2.33. The van der Waals surface area contributed by atoms with E-state index in [-0.39, 0.29) is 34.6 Å². The van der Waals surface area contributed by atoms with Crippen LogP contribution in [0.1, 0.15) is 34.6 Å². The number of carbonyl (C=O) groups excluding carboxylic acids is 2. The van der Waals surface area contributed by atoms with Crippen molar-refractivity contribution in [2.24, 2.45) is 0 Å². The normalized spacial score (nSPS) is 11.4. The van der Waals surface area contributed by atoms with Gasteiger partial charge in [0.05, 0.1) is 16.8 Å². The van der Waals surface area contributed by atoms with E-state index >= 15 is 0 Å². The number of benzene rings is 1. The van der Waals surface area contributed by atoms with Crippen molar-refractivity contribution in [1.29, 1.82) is 0 Å². The van der Waals surface area contributed by atoms with Crippen molar-refractivity contribution in [2.75, 3.05) is 11.9 Å². The Morgan fingerprint density at radius 2 is 1.79 bits per heavy atom. The zero-order valence-corrected chi connectivity index (χ0v) is 15.6. The van der Waals surface area contributed by atoms with Crippen molar-refractivity contribution in [3.8, 4) is 5.88 Å². The number of anilines is 1. The number of pyridine rings is 1. The van der Waals surface area contributed by atoms with Gasteiger partial charge in [0.2, 0.25) is 5.88 Å². The van der Waals surface area contributed by atoms with E-state index in [1.807, 2.05) is 0 Å². The average Bonchev–Trinajstić information content (AvgIpc) is 2.66. The molecule has 2 N–H and O–H groups in total. The largest absolute Gasteiger partial charge is 0.471 e. The predicted molar refractivity (Wildman–Crippen MR) is 97.7 cm³/mol. The molecule has 0 radical (unpaired) electrons. The fourth-order valence-corrected chi connectivity index (χ4v) is 2.16. The molecule has 1 heterocycles. The first kappa shape index (κ1) is 22.1. The summed E-state index contributed by atoms with van der Waals surface area (Å²) in [5, 5.41) is 5.29. The molecular formula is C19H19F4N3O3. The Morgan fingerprint density at radius 1 is 1.10 bits per heavy atom.